The molecule has 0 bridgehead atoms. The van der Waals surface area contributed by atoms with Crippen LogP contribution < -0.4 is 10.6 Å². The summed E-state index contributed by atoms with van der Waals surface area (Å²) < 4.78 is 5.62. The third-order valence-corrected chi connectivity index (χ3v) is 3.61. The van der Waals surface area contributed by atoms with Crippen molar-refractivity contribution >= 4 is 23.2 Å². The monoisotopic (exact) mass is 306 g/mol. The number of hydrogen-bond donors (Lipinski definition) is 2. The van der Waals surface area contributed by atoms with Gasteiger partial charge in [0.1, 0.15) is 11.5 Å². The first kappa shape index (κ1) is 15.3. The van der Waals surface area contributed by atoms with Crippen molar-refractivity contribution in [1.82, 2.24) is 10.6 Å². The third kappa shape index (κ3) is 4.46. The lowest BCUT2D eigenvalue weighted by atomic mass is 10.2. The van der Waals surface area contributed by atoms with Crippen molar-refractivity contribution in [3.63, 3.8) is 0 Å². The van der Waals surface area contributed by atoms with Crippen LogP contribution in [-0.2, 0) is 16.1 Å². The van der Waals surface area contributed by atoms with Crippen LogP contribution in [-0.4, -0.2) is 18.4 Å². The molecule has 2 heterocycles. The van der Waals surface area contributed by atoms with Crippen LogP contribution in [0.1, 0.15) is 19.6 Å². The zero-order valence-corrected chi connectivity index (χ0v) is 12.8. The first-order valence-corrected chi connectivity index (χ1v) is 7.63. The molecule has 2 N–H and O–H groups in total. The van der Waals surface area contributed by atoms with Gasteiger partial charge in [0.05, 0.1) is 11.4 Å². The Morgan fingerprint density at radius 2 is 1.95 bits per heavy atom. The summed E-state index contributed by atoms with van der Waals surface area (Å²) in [5, 5.41) is 7.08. The zero-order chi connectivity index (χ0) is 15.2. The summed E-state index contributed by atoms with van der Waals surface area (Å²) >= 11 is 1.58. The predicted octanol–water partition coefficient (Wildman–Crippen LogP) is 2.40. The van der Waals surface area contributed by atoms with Crippen molar-refractivity contribution < 1.29 is 14.0 Å². The van der Waals surface area contributed by atoms with E-state index in [2.05, 4.69) is 10.6 Å². The highest BCUT2D eigenvalue weighted by Crippen LogP contribution is 2.26. The average molecular weight is 306 g/mol. The minimum absolute atomic E-state index is 0.194. The third-order valence-electron chi connectivity index (χ3n) is 2.73. The first-order chi connectivity index (χ1) is 10.1. The SMILES string of the molecule is CC(C)CNC(=O)C(=O)NCc1ccc(-c2cccs2)o1. The van der Waals surface area contributed by atoms with E-state index in [1.807, 2.05) is 37.4 Å². The summed E-state index contributed by atoms with van der Waals surface area (Å²) in [4.78, 5) is 24.1. The Bertz CT molecular complexity index is 602. The summed E-state index contributed by atoms with van der Waals surface area (Å²) in [6, 6.07) is 7.56. The number of hydrogen-bond acceptors (Lipinski definition) is 4. The number of carbonyl (C=O) groups excluding carboxylic acids is 2. The smallest absolute Gasteiger partial charge is 0.309 e. The fraction of sp³-hybridized carbons (Fsp3) is 0.333. The molecule has 0 atom stereocenters. The van der Waals surface area contributed by atoms with E-state index < -0.39 is 11.8 Å². The van der Waals surface area contributed by atoms with Crippen molar-refractivity contribution in [2.24, 2.45) is 5.92 Å². The minimum atomic E-state index is -0.648. The molecule has 0 radical (unpaired) electrons. The molecular weight excluding hydrogens is 288 g/mol. The van der Waals surface area contributed by atoms with Gasteiger partial charge in [0, 0.05) is 6.54 Å². The van der Waals surface area contributed by atoms with Gasteiger partial charge in [0.25, 0.3) is 0 Å². The van der Waals surface area contributed by atoms with Gasteiger partial charge in [-0.25, -0.2) is 0 Å². The van der Waals surface area contributed by atoms with Gasteiger partial charge in [0.15, 0.2) is 0 Å². The van der Waals surface area contributed by atoms with E-state index in [1.54, 1.807) is 17.4 Å². The lowest BCUT2D eigenvalue weighted by molar-refractivity contribution is -0.139. The number of thiophene rings is 1. The Hall–Kier alpha value is -2.08. The molecule has 2 rings (SSSR count). The predicted molar refractivity (Wildman–Crippen MR) is 81.7 cm³/mol. The Kier molecular flexibility index (Phi) is 5.16. The highest BCUT2D eigenvalue weighted by Gasteiger charge is 2.14. The van der Waals surface area contributed by atoms with E-state index in [0.29, 0.717) is 18.2 Å². The van der Waals surface area contributed by atoms with E-state index in [9.17, 15) is 9.59 Å². The van der Waals surface area contributed by atoms with Crippen LogP contribution in [0.3, 0.4) is 0 Å². The summed E-state index contributed by atoms with van der Waals surface area (Å²) in [5.74, 6) is 0.417. The maximum Gasteiger partial charge on any atom is 0.309 e. The van der Waals surface area contributed by atoms with Crippen molar-refractivity contribution in [2.75, 3.05) is 6.54 Å². The number of rotatable bonds is 5. The first-order valence-electron chi connectivity index (χ1n) is 6.75. The topological polar surface area (TPSA) is 71.3 Å². The zero-order valence-electron chi connectivity index (χ0n) is 12.0. The molecule has 112 valence electrons. The fourth-order valence-corrected chi connectivity index (χ4v) is 2.34. The normalized spacial score (nSPS) is 10.6. The summed E-state index contributed by atoms with van der Waals surface area (Å²) in [5.41, 5.74) is 0. The number of nitrogens with one attached hydrogen (secondary N) is 2. The van der Waals surface area contributed by atoms with E-state index in [4.69, 9.17) is 4.42 Å². The summed E-state index contributed by atoms with van der Waals surface area (Å²) in [7, 11) is 0. The Morgan fingerprint density at radius 3 is 2.62 bits per heavy atom. The summed E-state index contributed by atoms with van der Waals surface area (Å²) in [6.07, 6.45) is 0. The van der Waals surface area contributed by atoms with Gasteiger partial charge in [-0.1, -0.05) is 19.9 Å². The van der Waals surface area contributed by atoms with Gasteiger partial charge in [0.2, 0.25) is 0 Å². The van der Waals surface area contributed by atoms with E-state index in [1.165, 1.54) is 0 Å². The lowest BCUT2D eigenvalue weighted by Gasteiger charge is -2.07. The molecule has 2 aromatic heterocycles. The lowest BCUT2D eigenvalue weighted by Crippen LogP contribution is -2.40. The van der Waals surface area contributed by atoms with Crippen LogP contribution in [0.2, 0.25) is 0 Å². The quantitative estimate of drug-likeness (QED) is 0.833. The maximum atomic E-state index is 11.6. The molecule has 0 unspecified atom stereocenters. The number of amides is 2. The molecule has 5 nitrogen and oxygen atoms in total. The van der Waals surface area contributed by atoms with Crippen molar-refractivity contribution in [2.45, 2.75) is 20.4 Å². The largest absolute Gasteiger partial charge is 0.458 e. The van der Waals surface area contributed by atoms with E-state index in [-0.39, 0.29) is 6.54 Å². The average Bonchev–Trinajstić information content (AvgIpc) is 3.12. The number of furan rings is 1. The molecule has 0 saturated carbocycles. The maximum absolute atomic E-state index is 11.6. The standard InChI is InChI=1S/C15H18N2O3S/c1-10(2)8-16-14(18)15(19)17-9-11-5-6-12(20-11)13-4-3-7-21-13/h3-7,10H,8-9H2,1-2H3,(H,16,18)(H,17,19). The van der Waals surface area contributed by atoms with Crippen LogP contribution >= 0.6 is 11.3 Å². The van der Waals surface area contributed by atoms with Crippen LogP contribution in [0.15, 0.2) is 34.1 Å². The van der Waals surface area contributed by atoms with Crippen molar-refractivity contribution in [3.8, 4) is 10.6 Å². The van der Waals surface area contributed by atoms with Crippen molar-refractivity contribution in [1.29, 1.82) is 0 Å². The van der Waals surface area contributed by atoms with Crippen LogP contribution in [0.4, 0.5) is 0 Å². The molecule has 0 aliphatic carbocycles. The van der Waals surface area contributed by atoms with E-state index >= 15 is 0 Å². The van der Waals surface area contributed by atoms with Crippen LogP contribution in [0.5, 0.6) is 0 Å². The minimum Gasteiger partial charge on any atom is -0.458 e. The molecule has 2 aromatic rings. The molecule has 0 aromatic carbocycles. The van der Waals surface area contributed by atoms with Gasteiger partial charge in [-0.15, -0.1) is 11.3 Å². The molecule has 0 aliphatic rings. The molecule has 2 amide bonds. The molecule has 0 aliphatic heterocycles. The molecule has 6 heteroatoms. The Labute approximate surface area is 127 Å². The molecule has 21 heavy (non-hydrogen) atoms. The number of carbonyl (C=O) groups is 2. The Balaban J connectivity index is 1.83. The molecule has 0 spiro atoms. The Morgan fingerprint density at radius 1 is 1.19 bits per heavy atom. The highest BCUT2D eigenvalue weighted by molar-refractivity contribution is 7.13. The highest BCUT2D eigenvalue weighted by atomic mass is 32.1. The van der Waals surface area contributed by atoms with Crippen LogP contribution in [0.25, 0.3) is 10.6 Å². The molecule has 0 fully saturated rings. The van der Waals surface area contributed by atoms with Gasteiger partial charge in [-0.2, -0.15) is 0 Å². The van der Waals surface area contributed by atoms with Gasteiger partial charge < -0.3 is 15.1 Å². The molecule has 0 saturated heterocycles. The molecular formula is C15H18N2O3S. The fourth-order valence-electron chi connectivity index (χ4n) is 1.65. The van der Waals surface area contributed by atoms with E-state index in [0.717, 1.165) is 10.6 Å². The van der Waals surface area contributed by atoms with Crippen LogP contribution in [0, 0.1) is 5.92 Å². The van der Waals surface area contributed by atoms with Gasteiger partial charge in [-0.05, 0) is 29.5 Å². The second-order valence-corrected chi connectivity index (χ2v) is 5.98. The van der Waals surface area contributed by atoms with Gasteiger partial charge in [-0.3, -0.25) is 9.59 Å². The second-order valence-electron chi connectivity index (χ2n) is 5.03. The summed E-state index contributed by atoms with van der Waals surface area (Å²) in [6.45, 7) is 4.61. The van der Waals surface area contributed by atoms with Crippen molar-refractivity contribution in [3.05, 3.63) is 35.4 Å². The van der Waals surface area contributed by atoms with Gasteiger partial charge >= 0.3 is 11.8 Å². The second kappa shape index (κ2) is 7.08.